The maximum Gasteiger partial charge on any atom is 0.260 e. The summed E-state index contributed by atoms with van der Waals surface area (Å²) in [5, 5.41) is 7.12. The summed E-state index contributed by atoms with van der Waals surface area (Å²) in [5.41, 5.74) is 1.34. The van der Waals surface area contributed by atoms with Gasteiger partial charge in [0.2, 0.25) is 5.13 Å². The zero-order valence-electron chi connectivity index (χ0n) is 12.0. The molecular formula is C14H13N5O2S. The number of amides is 1. The summed E-state index contributed by atoms with van der Waals surface area (Å²) < 4.78 is 10.9. The molecule has 0 aliphatic carbocycles. The molecule has 0 saturated carbocycles. The first-order valence-electron chi connectivity index (χ1n) is 6.44. The average Bonchev–Trinajstić information content (AvgIpc) is 3.16. The van der Waals surface area contributed by atoms with E-state index in [0.29, 0.717) is 16.5 Å². The molecule has 0 atom stereocenters. The Kier molecular flexibility index (Phi) is 3.84. The van der Waals surface area contributed by atoms with E-state index in [-0.39, 0.29) is 5.91 Å². The Morgan fingerprint density at radius 2 is 2.09 bits per heavy atom. The SMILES string of the molecule is COc1ccc(-c2nsc(NC(=O)c3cnn(C)c3)n2)cc1. The van der Waals surface area contributed by atoms with Gasteiger partial charge in [-0.1, -0.05) is 0 Å². The van der Waals surface area contributed by atoms with E-state index in [2.05, 4.69) is 19.8 Å². The van der Waals surface area contributed by atoms with Crippen LogP contribution in [0.25, 0.3) is 11.4 Å². The number of methoxy groups -OCH3 is 1. The quantitative estimate of drug-likeness (QED) is 0.798. The first kappa shape index (κ1) is 14.2. The Bertz CT molecular complexity index is 794. The Morgan fingerprint density at radius 3 is 2.73 bits per heavy atom. The predicted molar refractivity (Wildman–Crippen MR) is 83.1 cm³/mol. The van der Waals surface area contributed by atoms with Gasteiger partial charge in [-0.2, -0.15) is 14.5 Å². The third kappa shape index (κ3) is 2.96. The molecule has 1 N–H and O–H groups in total. The van der Waals surface area contributed by atoms with E-state index in [1.165, 1.54) is 6.20 Å². The van der Waals surface area contributed by atoms with Crippen molar-refractivity contribution in [3.8, 4) is 17.1 Å². The highest BCUT2D eigenvalue weighted by Gasteiger charge is 2.12. The molecule has 7 nitrogen and oxygen atoms in total. The van der Waals surface area contributed by atoms with Gasteiger partial charge in [0.25, 0.3) is 5.91 Å². The number of ether oxygens (including phenoxy) is 1. The standard InChI is InChI=1S/C14H13N5O2S/c1-19-8-10(7-15-19)13(20)17-14-16-12(18-22-14)9-3-5-11(21-2)6-4-9/h3-8H,1-2H3,(H,16,17,18,20). The summed E-state index contributed by atoms with van der Waals surface area (Å²) in [5.74, 6) is 1.07. The molecule has 2 heterocycles. The Morgan fingerprint density at radius 1 is 1.32 bits per heavy atom. The van der Waals surface area contributed by atoms with Crippen LogP contribution in [0.4, 0.5) is 5.13 Å². The highest BCUT2D eigenvalue weighted by molar-refractivity contribution is 7.10. The van der Waals surface area contributed by atoms with E-state index in [1.54, 1.807) is 25.0 Å². The molecule has 0 aliphatic heterocycles. The largest absolute Gasteiger partial charge is 0.497 e. The summed E-state index contributed by atoms with van der Waals surface area (Å²) in [7, 11) is 3.37. The van der Waals surface area contributed by atoms with Crippen LogP contribution in [-0.2, 0) is 7.05 Å². The average molecular weight is 315 g/mol. The molecule has 3 aromatic rings. The number of aromatic nitrogens is 4. The molecule has 0 fully saturated rings. The van der Waals surface area contributed by atoms with Gasteiger partial charge >= 0.3 is 0 Å². The molecule has 0 spiro atoms. The predicted octanol–water partition coefficient (Wildman–Crippen LogP) is 2.20. The van der Waals surface area contributed by atoms with Crippen molar-refractivity contribution in [2.24, 2.45) is 7.05 Å². The molecule has 112 valence electrons. The Labute approximate surface area is 130 Å². The molecule has 0 radical (unpaired) electrons. The monoisotopic (exact) mass is 315 g/mol. The number of hydrogen-bond donors (Lipinski definition) is 1. The van der Waals surface area contributed by atoms with Crippen LogP contribution in [-0.4, -0.2) is 32.2 Å². The second kappa shape index (κ2) is 5.94. The summed E-state index contributed by atoms with van der Waals surface area (Å²) in [6.45, 7) is 0. The van der Waals surface area contributed by atoms with Gasteiger partial charge in [-0.25, -0.2) is 0 Å². The van der Waals surface area contributed by atoms with E-state index >= 15 is 0 Å². The van der Waals surface area contributed by atoms with Crippen molar-refractivity contribution in [2.45, 2.75) is 0 Å². The van der Waals surface area contributed by atoms with Crippen molar-refractivity contribution in [2.75, 3.05) is 12.4 Å². The number of rotatable bonds is 4. The zero-order valence-corrected chi connectivity index (χ0v) is 12.8. The van der Waals surface area contributed by atoms with Crippen molar-refractivity contribution in [1.29, 1.82) is 0 Å². The van der Waals surface area contributed by atoms with E-state index in [9.17, 15) is 4.79 Å². The first-order valence-corrected chi connectivity index (χ1v) is 7.21. The Balaban J connectivity index is 1.74. The number of aryl methyl sites for hydroxylation is 1. The van der Waals surface area contributed by atoms with E-state index in [0.717, 1.165) is 22.8 Å². The van der Waals surface area contributed by atoms with Crippen LogP contribution in [0.15, 0.2) is 36.7 Å². The third-order valence-electron chi connectivity index (χ3n) is 2.96. The first-order chi connectivity index (χ1) is 10.7. The van der Waals surface area contributed by atoms with Gasteiger partial charge in [0.1, 0.15) is 5.75 Å². The van der Waals surface area contributed by atoms with Crippen molar-refractivity contribution in [3.05, 3.63) is 42.2 Å². The molecule has 0 aliphatic rings. The lowest BCUT2D eigenvalue weighted by Gasteiger charge is -1.99. The van der Waals surface area contributed by atoms with Crippen LogP contribution in [0.2, 0.25) is 0 Å². The minimum Gasteiger partial charge on any atom is -0.497 e. The van der Waals surface area contributed by atoms with Crippen molar-refractivity contribution < 1.29 is 9.53 Å². The van der Waals surface area contributed by atoms with Gasteiger partial charge in [-0.3, -0.25) is 14.8 Å². The number of carbonyl (C=O) groups excluding carboxylic acids is 1. The summed E-state index contributed by atoms with van der Waals surface area (Å²) in [6.07, 6.45) is 3.14. The van der Waals surface area contributed by atoms with Gasteiger partial charge in [0.05, 0.1) is 18.9 Å². The van der Waals surface area contributed by atoms with Gasteiger partial charge < -0.3 is 4.74 Å². The molecular weight excluding hydrogens is 302 g/mol. The number of nitrogens with one attached hydrogen (secondary N) is 1. The van der Waals surface area contributed by atoms with E-state index in [1.807, 2.05) is 24.3 Å². The number of carbonyl (C=O) groups is 1. The molecule has 3 rings (SSSR count). The smallest absolute Gasteiger partial charge is 0.260 e. The molecule has 0 bridgehead atoms. The van der Waals surface area contributed by atoms with Crippen LogP contribution in [0.5, 0.6) is 5.75 Å². The normalized spacial score (nSPS) is 10.5. The Hall–Kier alpha value is -2.74. The highest BCUT2D eigenvalue weighted by Crippen LogP contribution is 2.23. The molecule has 1 amide bonds. The fourth-order valence-corrected chi connectivity index (χ4v) is 2.42. The number of nitrogens with zero attached hydrogens (tertiary/aromatic N) is 4. The second-order valence-electron chi connectivity index (χ2n) is 4.51. The zero-order chi connectivity index (χ0) is 15.5. The molecule has 0 unspecified atom stereocenters. The van der Waals surface area contributed by atoms with Crippen LogP contribution in [0.1, 0.15) is 10.4 Å². The van der Waals surface area contributed by atoms with Crippen LogP contribution >= 0.6 is 11.5 Å². The summed E-state index contributed by atoms with van der Waals surface area (Å²) >= 11 is 1.13. The van der Waals surface area contributed by atoms with Crippen LogP contribution in [0.3, 0.4) is 0 Å². The third-order valence-corrected chi connectivity index (χ3v) is 3.59. The van der Waals surface area contributed by atoms with Crippen molar-refractivity contribution in [1.82, 2.24) is 19.1 Å². The van der Waals surface area contributed by atoms with Gasteiger partial charge in [0, 0.05) is 30.3 Å². The topological polar surface area (TPSA) is 81.9 Å². The molecule has 0 saturated heterocycles. The van der Waals surface area contributed by atoms with Crippen LogP contribution < -0.4 is 10.1 Å². The molecule has 1 aromatic carbocycles. The van der Waals surface area contributed by atoms with Crippen molar-refractivity contribution in [3.63, 3.8) is 0 Å². The van der Waals surface area contributed by atoms with Crippen LogP contribution in [0, 0.1) is 0 Å². The number of benzene rings is 1. The number of anilines is 1. The maximum absolute atomic E-state index is 12.0. The minimum absolute atomic E-state index is 0.259. The maximum atomic E-state index is 12.0. The van der Waals surface area contributed by atoms with Gasteiger partial charge in [0.15, 0.2) is 5.82 Å². The van der Waals surface area contributed by atoms with E-state index < -0.39 is 0 Å². The molecule has 2 aromatic heterocycles. The summed E-state index contributed by atoms with van der Waals surface area (Å²) in [4.78, 5) is 16.3. The lowest BCUT2D eigenvalue weighted by molar-refractivity contribution is 0.102. The second-order valence-corrected chi connectivity index (χ2v) is 5.26. The van der Waals surface area contributed by atoms with Gasteiger partial charge in [-0.05, 0) is 24.3 Å². The van der Waals surface area contributed by atoms with E-state index in [4.69, 9.17) is 4.74 Å². The fraction of sp³-hybridized carbons (Fsp3) is 0.143. The fourth-order valence-electron chi connectivity index (χ4n) is 1.84. The van der Waals surface area contributed by atoms with Gasteiger partial charge in [-0.15, -0.1) is 0 Å². The molecule has 22 heavy (non-hydrogen) atoms. The lowest BCUT2D eigenvalue weighted by Crippen LogP contribution is -2.10. The summed E-state index contributed by atoms with van der Waals surface area (Å²) in [6, 6.07) is 7.41. The van der Waals surface area contributed by atoms with Crippen molar-refractivity contribution >= 4 is 22.6 Å². The molecule has 8 heteroatoms. The number of hydrogen-bond acceptors (Lipinski definition) is 6. The lowest BCUT2D eigenvalue weighted by atomic mass is 10.2. The highest BCUT2D eigenvalue weighted by atomic mass is 32.1. The minimum atomic E-state index is -0.259.